The molecule has 0 atom stereocenters. The van der Waals surface area contributed by atoms with E-state index in [-0.39, 0.29) is 24.0 Å². The first-order chi connectivity index (χ1) is 14.5. The molecule has 2 aromatic rings. The highest BCUT2D eigenvalue weighted by atomic mass is 127. The molecule has 8 heteroatoms. The summed E-state index contributed by atoms with van der Waals surface area (Å²) in [7, 11) is 4.15. The third-order valence-corrected chi connectivity index (χ3v) is 4.65. The number of hydrogen-bond donors (Lipinski definition) is 2. The maximum absolute atomic E-state index is 5.79. The van der Waals surface area contributed by atoms with Crippen molar-refractivity contribution in [2.75, 3.05) is 40.3 Å². The van der Waals surface area contributed by atoms with Crippen molar-refractivity contribution in [3.8, 4) is 5.75 Å². The van der Waals surface area contributed by atoms with Crippen LogP contribution in [0.2, 0.25) is 0 Å². The van der Waals surface area contributed by atoms with Gasteiger partial charge in [0.05, 0.1) is 18.8 Å². The van der Waals surface area contributed by atoms with Crippen LogP contribution in [0.5, 0.6) is 5.75 Å². The van der Waals surface area contributed by atoms with Crippen molar-refractivity contribution in [1.29, 1.82) is 0 Å². The highest BCUT2D eigenvalue weighted by Crippen LogP contribution is 2.13. The fourth-order valence-electron chi connectivity index (χ4n) is 3.11. The number of nitrogens with one attached hydrogen (secondary N) is 2. The quantitative estimate of drug-likeness (QED) is 0.186. The first-order valence-electron chi connectivity index (χ1n) is 10.9. The second-order valence-corrected chi connectivity index (χ2v) is 7.77. The number of aryl methyl sites for hydroxylation is 3. The van der Waals surface area contributed by atoms with Gasteiger partial charge in [-0.25, -0.2) is 4.99 Å². The van der Waals surface area contributed by atoms with Gasteiger partial charge in [0.25, 0.3) is 0 Å². The Bertz CT molecular complexity index is 773. The lowest BCUT2D eigenvalue weighted by atomic mass is 10.2. The number of aromatic nitrogens is 2. The molecular formula is C23H39IN6O. The summed E-state index contributed by atoms with van der Waals surface area (Å²) in [6.07, 6.45) is 2.02. The SMILES string of the molecule is CCNC(=NCc1ccc(OCCCN(C)C)cc1)NCCCn1nc(C)cc1C.I. The van der Waals surface area contributed by atoms with Crippen LogP contribution in [0.4, 0.5) is 0 Å². The first-order valence-corrected chi connectivity index (χ1v) is 10.9. The van der Waals surface area contributed by atoms with Gasteiger partial charge in [-0.15, -0.1) is 24.0 Å². The minimum atomic E-state index is 0. The lowest BCUT2D eigenvalue weighted by Gasteiger charge is -2.12. The van der Waals surface area contributed by atoms with Gasteiger partial charge in [-0.2, -0.15) is 5.10 Å². The summed E-state index contributed by atoms with van der Waals surface area (Å²) in [5, 5.41) is 11.2. The average molecular weight is 543 g/mol. The van der Waals surface area contributed by atoms with E-state index in [0.717, 1.165) is 68.6 Å². The standard InChI is InChI=1S/C23H38N6O.HI/c1-6-24-23(25-13-7-15-29-20(3)17-19(2)27-29)26-18-21-9-11-22(12-10-21)30-16-8-14-28(4)5;/h9-12,17H,6-8,13-16,18H2,1-5H3,(H2,24,25,26);1H. The third kappa shape index (κ3) is 10.9. The molecule has 174 valence electrons. The number of ether oxygens (including phenoxy) is 1. The second kappa shape index (κ2) is 15.1. The number of aliphatic imine (C=N–C) groups is 1. The number of halogens is 1. The predicted octanol–water partition coefficient (Wildman–Crippen LogP) is 3.59. The predicted molar refractivity (Wildman–Crippen MR) is 140 cm³/mol. The Labute approximate surface area is 204 Å². The van der Waals surface area contributed by atoms with Crippen LogP contribution in [0.1, 0.15) is 36.7 Å². The molecule has 0 aliphatic heterocycles. The van der Waals surface area contributed by atoms with Crippen LogP contribution < -0.4 is 15.4 Å². The highest BCUT2D eigenvalue weighted by Gasteiger charge is 2.02. The molecule has 0 radical (unpaired) electrons. The number of nitrogens with zero attached hydrogens (tertiary/aromatic N) is 4. The van der Waals surface area contributed by atoms with Gasteiger partial charge in [0.1, 0.15) is 5.75 Å². The molecule has 0 spiro atoms. The lowest BCUT2D eigenvalue weighted by Crippen LogP contribution is -2.38. The molecule has 0 aliphatic carbocycles. The molecule has 0 saturated carbocycles. The molecule has 0 unspecified atom stereocenters. The molecule has 0 bridgehead atoms. The molecule has 0 fully saturated rings. The van der Waals surface area contributed by atoms with Crippen molar-refractivity contribution in [1.82, 2.24) is 25.3 Å². The van der Waals surface area contributed by atoms with E-state index in [1.165, 1.54) is 5.69 Å². The van der Waals surface area contributed by atoms with E-state index in [1.54, 1.807) is 0 Å². The molecule has 2 rings (SSSR count). The number of benzene rings is 1. The highest BCUT2D eigenvalue weighted by molar-refractivity contribution is 14.0. The Morgan fingerprint density at radius 3 is 2.48 bits per heavy atom. The van der Waals surface area contributed by atoms with E-state index < -0.39 is 0 Å². The van der Waals surface area contributed by atoms with Crippen LogP contribution in [-0.4, -0.2) is 61.0 Å². The minimum Gasteiger partial charge on any atom is -0.494 e. The van der Waals surface area contributed by atoms with Crippen LogP contribution >= 0.6 is 24.0 Å². The average Bonchev–Trinajstić information content (AvgIpc) is 3.04. The Balaban J connectivity index is 0.00000480. The number of rotatable bonds is 12. The first kappa shape index (κ1) is 27.2. The fourth-order valence-corrected chi connectivity index (χ4v) is 3.11. The van der Waals surface area contributed by atoms with Crippen molar-refractivity contribution in [3.63, 3.8) is 0 Å². The van der Waals surface area contributed by atoms with Crippen molar-refractivity contribution in [3.05, 3.63) is 47.3 Å². The molecular weight excluding hydrogens is 503 g/mol. The van der Waals surface area contributed by atoms with Crippen molar-refractivity contribution in [2.45, 2.75) is 46.7 Å². The minimum absolute atomic E-state index is 0. The molecule has 2 N–H and O–H groups in total. The Morgan fingerprint density at radius 2 is 1.87 bits per heavy atom. The zero-order valence-corrected chi connectivity index (χ0v) is 22.0. The van der Waals surface area contributed by atoms with Gasteiger partial charge in [-0.1, -0.05) is 12.1 Å². The summed E-state index contributed by atoms with van der Waals surface area (Å²) in [6.45, 7) is 11.2. The molecule has 31 heavy (non-hydrogen) atoms. The fraction of sp³-hybridized carbons (Fsp3) is 0.565. The summed E-state index contributed by atoms with van der Waals surface area (Å²) in [5.41, 5.74) is 3.44. The van der Waals surface area contributed by atoms with Gasteiger partial charge in [0.15, 0.2) is 5.96 Å². The van der Waals surface area contributed by atoms with Gasteiger partial charge in [-0.3, -0.25) is 4.68 Å². The summed E-state index contributed by atoms with van der Waals surface area (Å²) >= 11 is 0. The topological polar surface area (TPSA) is 66.7 Å². The van der Waals surface area contributed by atoms with Crippen LogP contribution in [0.25, 0.3) is 0 Å². The van der Waals surface area contributed by atoms with Crippen LogP contribution in [0.3, 0.4) is 0 Å². The van der Waals surface area contributed by atoms with E-state index in [9.17, 15) is 0 Å². The Morgan fingerprint density at radius 1 is 1.13 bits per heavy atom. The third-order valence-electron chi connectivity index (χ3n) is 4.65. The summed E-state index contributed by atoms with van der Waals surface area (Å²) in [5.74, 6) is 1.76. The molecule has 7 nitrogen and oxygen atoms in total. The maximum atomic E-state index is 5.79. The summed E-state index contributed by atoms with van der Waals surface area (Å²) < 4.78 is 7.85. The lowest BCUT2D eigenvalue weighted by molar-refractivity contribution is 0.281. The zero-order chi connectivity index (χ0) is 21.8. The normalized spacial score (nSPS) is 11.4. The number of guanidine groups is 1. The Kier molecular flexibility index (Phi) is 13.2. The van der Waals surface area contributed by atoms with E-state index >= 15 is 0 Å². The van der Waals surface area contributed by atoms with Crippen molar-refractivity contribution in [2.24, 2.45) is 4.99 Å². The van der Waals surface area contributed by atoms with Crippen LogP contribution in [-0.2, 0) is 13.1 Å². The monoisotopic (exact) mass is 542 g/mol. The summed E-state index contributed by atoms with van der Waals surface area (Å²) in [4.78, 5) is 6.87. The van der Waals surface area contributed by atoms with E-state index in [0.29, 0.717) is 6.54 Å². The maximum Gasteiger partial charge on any atom is 0.191 e. The zero-order valence-electron chi connectivity index (χ0n) is 19.6. The molecule has 1 aromatic carbocycles. The van der Waals surface area contributed by atoms with Gasteiger partial charge >= 0.3 is 0 Å². The van der Waals surface area contributed by atoms with Crippen molar-refractivity contribution < 1.29 is 4.74 Å². The van der Waals surface area contributed by atoms with E-state index in [2.05, 4.69) is 71.5 Å². The van der Waals surface area contributed by atoms with Crippen molar-refractivity contribution >= 4 is 29.9 Å². The molecule has 0 saturated heterocycles. The molecule has 1 aromatic heterocycles. The smallest absolute Gasteiger partial charge is 0.191 e. The second-order valence-electron chi connectivity index (χ2n) is 7.77. The Hall–Kier alpha value is -1.81. The molecule has 1 heterocycles. The van der Waals surface area contributed by atoms with Crippen LogP contribution in [0.15, 0.2) is 35.3 Å². The van der Waals surface area contributed by atoms with Crippen LogP contribution in [0, 0.1) is 13.8 Å². The van der Waals surface area contributed by atoms with Gasteiger partial charge in [0.2, 0.25) is 0 Å². The van der Waals surface area contributed by atoms with Gasteiger partial charge in [-0.05, 0) is 71.5 Å². The number of hydrogen-bond acceptors (Lipinski definition) is 4. The van der Waals surface area contributed by atoms with Gasteiger partial charge < -0.3 is 20.3 Å². The largest absolute Gasteiger partial charge is 0.494 e. The molecule has 0 aliphatic rings. The van der Waals surface area contributed by atoms with Gasteiger partial charge in [0, 0.05) is 31.9 Å². The summed E-state index contributed by atoms with van der Waals surface area (Å²) in [6, 6.07) is 10.3. The van der Waals surface area contributed by atoms with E-state index in [1.807, 2.05) is 19.1 Å². The van der Waals surface area contributed by atoms with E-state index in [4.69, 9.17) is 9.73 Å². The molecule has 0 amide bonds.